The van der Waals surface area contributed by atoms with Crippen molar-refractivity contribution in [3.8, 4) is 0 Å². The monoisotopic (exact) mass is 340 g/mol. The van der Waals surface area contributed by atoms with E-state index in [0.29, 0.717) is 12.5 Å². The average Bonchev–Trinajstić information content (AvgIpc) is 3.05. The van der Waals surface area contributed by atoms with Crippen molar-refractivity contribution in [1.29, 1.82) is 0 Å². The van der Waals surface area contributed by atoms with E-state index in [-0.39, 0.29) is 5.91 Å². The van der Waals surface area contributed by atoms with Gasteiger partial charge in [-0.25, -0.2) is 0 Å². The topological polar surface area (TPSA) is 32.3 Å². The highest BCUT2D eigenvalue weighted by Crippen LogP contribution is 2.45. The van der Waals surface area contributed by atoms with Crippen LogP contribution in [-0.2, 0) is 11.2 Å². The van der Waals surface area contributed by atoms with Gasteiger partial charge in [-0.1, -0.05) is 56.0 Å². The van der Waals surface area contributed by atoms with Gasteiger partial charge in [0.2, 0.25) is 5.91 Å². The summed E-state index contributed by atoms with van der Waals surface area (Å²) in [4.78, 5) is 14.8. The Morgan fingerprint density at radius 2 is 1.80 bits per heavy atom. The molecular weight excluding hydrogens is 308 g/mol. The fraction of sp³-hybridized carbons (Fsp3) is 0.682. The molecule has 0 bridgehead atoms. The van der Waals surface area contributed by atoms with Crippen LogP contribution in [0.5, 0.6) is 0 Å². The zero-order valence-electron chi connectivity index (χ0n) is 15.3. The third-order valence-electron chi connectivity index (χ3n) is 6.64. The Balaban J connectivity index is 1.10. The van der Waals surface area contributed by atoms with Crippen LogP contribution in [0.2, 0.25) is 0 Å². The molecule has 3 nitrogen and oxygen atoms in total. The molecule has 2 saturated carbocycles. The number of rotatable bonds is 8. The predicted molar refractivity (Wildman–Crippen MR) is 101 cm³/mol. The molecule has 1 aliphatic heterocycles. The van der Waals surface area contributed by atoms with Crippen molar-refractivity contribution in [2.45, 2.75) is 57.4 Å². The maximum atomic E-state index is 12.2. The van der Waals surface area contributed by atoms with E-state index in [0.717, 1.165) is 24.2 Å². The van der Waals surface area contributed by atoms with E-state index in [4.69, 9.17) is 0 Å². The molecule has 3 atom stereocenters. The molecule has 25 heavy (non-hydrogen) atoms. The summed E-state index contributed by atoms with van der Waals surface area (Å²) in [5.41, 5.74) is 1.25. The Morgan fingerprint density at radius 1 is 1.08 bits per heavy atom. The van der Waals surface area contributed by atoms with E-state index in [1.54, 1.807) is 0 Å². The fourth-order valence-corrected chi connectivity index (χ4v) is 5.07. The van der Waals surface area contributed by atoms with Crippen LogP contribution in [0.15, 0.2) is 30.3 Å². The molecule has 3 aliphatic rings. The molecule has 4 rings (SSSR count). The van der Waals surface area contributed by atoms with E-state index in [1.165, 1.54) is 63.7 Å². The first-order chi connectivity index (χ1) is 12.3. The van der Waals surface area contributed by atoms with Gasteiger partial charge < -0.3 is 10.2 Å². The lowest BCUT2D eigenvalue weighted by Gasteiger charge is -2.20. The lowest BCUT2D eigenvalue weighted by molar-refractivity contribution is -0.121. The van der Waals surface area contributed by atoms with Crippen LogP contribution in [0, 0.1) is 17.8 Å². The Bertz CT molecular complexity index is 555. The van der Waals surface area contributed by atoms with Crippen LogP contribution < -0.4 is 5.32 Å². The van der Waals surface area contributed by atoms with Crippen LogP contribution in [0.1, 0.15) is 50.5 Å². The van der Waals surface area contributed by atoms with Gasteiger partial charge in [0.1, 0.15) is 0 Å². The van der Waals surface area contributed by atoms with Gasteiger partial charge in [0, 0.05) is 25.6 Å². The van der Waals surface area contributed by atoms with Crippen LogP contribution in [0.4, 0.5) is 0 Å². The standard InChI is InChI=1S/C22H32N2O/c25-21(13-12-18-7-2-1-3-8-18)23-22-19-15-24(16-20(19)22)14-6-11-17-9-4-5-10-17/h1-3,7-8,17,19-20,22H,4-6,9-16H2,(H,23,25)/t19-,20+,22?. The molecular formula is C22H32N2O. The number of likely N-dealkylation sites (tertiary alicyclic amines) is 1. The van der Waals surface area contributed by atoms with Gasteiger partial charge in [-0.15, -0.1) is 0 Å². The van der Waals surface area contributed by atoms with Crippen molar-refractivity contribution in [2.24, 2.45) is 17.8 Å². The number of carbonyl (C=O) groups is 1. The second-order valence-electron chi connectivity index (χ2n) is 8.46. The van der Waals surface area contributed by atoms with Gasteiger partial charge in [0.15, 0.2) is 0 Å². The Morgan fingerprint density at radius 3 is 2.52 bits per heavy atom. The Labute approximate surface area is 152 Å². The smallest absolute Gasteiger partial charge is 0.220 e. The minimum Gasteiger partial charge on any atom is -0.353 e. The van der Waals surface area contributed by atoms with Crippen LogP contribution >= 0.6 is 0 Å². The maximum absolute atomic E-state index is 12.2. The molecule has 1 unspecified atom stereocenters. The molecule has 1 N–H and O–H groups in total. The summed E-state index contributed by atoms with van der Waals surface area (Å²) >= 11 is 0. The molecule has 1 saturated heterocycles. The molecule has 1 amide bonds. The van der Waals surface area contributed by atoms with Gasteiger partial charge in [-0.3, -0.25) is 4.79 Å². The lowest BCUT2D eigenvalue weighted by Crippen LogP contribution is -2.35. The first kappa shape index (κ1) is 17.1. The number of nitrogens with one attached hydrogen (secondary N) is 1. The van der Waals surface area contributed by atoms with Crippen LogP contribution in [0.25, 0.3) is 0 Å². The summed E-state index contributed by atoms with van der Waals surface area (Å²) in [6.07, 6.45) is 10.1. The molecule has 136 valence electrons. The van der Waals surface area contributed by atoms with Gasteiger partial charge >= 0.3 is 0 Å². The quantitative estimate of drug-likeness (QED) is 0.784. The second kappa shape index (κ2) is 7.90. The summed E-state index contributed by atoms with van der Waals surface area (Å²) in [7, 11) is 0. The average molecular weight is 341 g/mol. The third kappa shape index (κ3) is 4.44. The first-order valence-corrected chi connectivity index (χ1v) is 10.4. The molecule has 1 aromatic rings. The number of benzene rings is 1. The number of amides is 1. The number of aryl methyl sites for hydroxylation is 1. The summed E-state index contributed by atoms with van der Waals surface area (Å²) in [6, 6.07) is 10.8. The van der Waals surface area contributed by atoms with Crippen molar-refractivity contribution in [3.05, 3.63) is 35.9 Å². The van der Waals surface area contributed by atoms with E-state index in [9.17, 15) is 4.79 Å². The number of piperidine rings is 1. The Kier molecular flexibility index (Phi) is 5.40. The maximum Gasteiger partial charge on any atom is 0.220 e. The highest BCUT2D eigenvalue weighted by molar-refractivity contribution is 5.77. The predicted octanol–water partition coefficient (Wildman–Crippen LogP) is 3.64. The van der Waals surface area contributed by atoms with Crippen molar-refractivity contribution < 1.29 is 4.79 Å². The SMILES string of the molecule is O=C(CCc1ccccc1)NC1[C@H]2CN(CCCC3CCCC3)C[C@@H]12. The summed E-state index contributed by atoms with van der Waals surface area (Å²) in [6.45, 7) is 3.69. The molecule has 0 radical (unpaired) electrons. The van der Waals surface area contributed by atoms with Gasteiger partial charge in [-0.2, -0.15) is 0 Å². The number of fused-ring (bicyclic) bond motifs is 1. The molecule has 0 aromatic heterocycles. The second-order valence-corrected chi connectivity index (χ2v) is 8.46. The fourth-order valence-electron chi connectivity index (χ4n) is 5.07. The molecule has 0 spiro atoms. The summed E-state index contributed by atoms with van der Waals surface area (Å²) in [5.74, 6) is 2.71. The number of carbonyl (C=O) groups excluding carboxylic acids is 1. The van der Waals surface area contributed by atoms with Crippen molar-refractivity contribution in [1.82, 2.24) is 10.2 Å². The highest BCUT2D eigenvalue weighted by Gasteiger charge is 2.55. The zero-order chi connectivity index (χ0) is 17.1. The van der Waals surface area contributed by atoms with Crippen molar-refractivity contribution >= 4 is 5.91 Å². The summed E-state index contributed by atoms with van der Waals surface area (Å²) in [5, 5.41) is 3.28. The molecule has 3 heteroatoms. The lowest BCUT2D eigenvalue weighted by atomic mass is 10.0. The minimum absolute atomic E-state index is 0.232. The van der Waals surface area contributed by atoms with E-state index in [1.807, 2.05) is 18.2 Å². The van der Waals surface area contributed by atoms with Gasteiger partial charge in [0.25, 0.3) is 0 Å². The van der Waals surface area contributed by atoms with Crippen molar-refractivity contribution in [3.63, 3.8) is 0 Å². The number of hydrogen-bond donors (Lipinski definition) is 1. The molecule has 1 aromatic carbocycles. The number of hydrogen-bond acceptors (Lipinski definition) is 2. The molecule has 3 fully saturated rings. The first-order valence-electron chi connectivity index (χ1n) is 10.4. The summed E-state index contributed by atoms with van der Waals surface area (Å²) < 4.78 is 0. The minimum atomic E-state index is 0.232. The van der Waals surface area contributed by atoms with E-state index >= 15 is 0 Å². The van der Waals surface area contributed by atoms with Crippen LogP contribution in [-0.4, -0.2) is 36.5 Å². The molecule has 1 heterocycles. The molecule has 2 aliphatic carbocycles. The van der Waals surface area contributed by atoms with Crippen molar-refractivity contribution in [2.75, 3.05) is 19.6 Å². The van der Waals surface area contributed by atoms with E-state index in [2.05, 4.69) is 22.3 Å². The Hall–Kier alpha value is -1.35. The highest BCUT2D eigenvalue weighted by atomic mass is 16.1. The van der Waals surface area contributed by atoms with Gasteiger partial charge in [0.05, 0.1) is 0 Å². The third-order valence-corrected chi connectivity index (χ3v) is 6.64. The largest absolute Gasteiger partial charge is 0.353 e. The van der Waals surface area contributed by atoms with Crippen LogP contribution in [0.3, 0.4) is 0 Å². The zero-order valence-corrected chi connectivity index (χ0v) is 15.3. The normalized spacial score (nSPS) is 28.9. The van der Waals surface area contributed by atoms with Gasteiger partial charge in [-0.05, 0) is 49.1 Å². The number of nitrogens with zero attached hydrogens (tertiary/aromatic N) is 1. The van der Waals surface area contributed by atoms with E-state index < -0.39 is 0 Å².